The molecular formula is C12H10F3N3O3. The number of aromatic nitrogens is 2. The molecule has 0 fully saturated rings. The number of rotatable bonds is 5. The number of alkyl halides is 2. The molecule has 6 nitrogen and oxygen atoms in total. The van der Waals surface area contributed by atoms with Crippen molar-refractivity contribution in [3.63, 3.8) is 0 Å². The van der Waals surface area contributed by atoms with Gasteiger partial charge in [0.1, 0.15) is 17.4 Å². The van der Waals surface area contributed by atoms with E-state index in [4.69, 9.17) is 5.11 Å². The van der Waals surface area contributed by atoms with Gasteiger partial charge in [0.05, 0.1) is 17.4 Å². The first-order chi connectivity index (χ1) is 9.88. The van der Waals surface area contributed by atoms with Crippen LogP contribution >= 0.6 is 0 Å². The highest BCUT2D eigenvalue weighted by molar-refractivity contribution is 6.05. The van der Waals surface area contributed by atoms with E-state index >= 15 is 0 Å². The Morgan fingerprint density at radius 1 is 1.38 bits per heavy atom. The van der Waals surface area contributed by atoms with Crippen LogP contribution in [0.2, 0.25) is 0 Å². The van der Waals surface area contributed by atoms with Gasteiger partial charge < -0.3 is 15.4 Å². The summed E-state index contributed by atoms with van der Waals surface area (Å²) in [6, 6.07) is 0.196. The summed E-state index contributed by atoms with van der Waals surface area (Å²) >= 11 is 0. The fourth-order valence-corrected chi connectivity index (χ4v) is 1.82. The number of carbonyl (C=O) groups excluding carboxylic acids is 1. The number of carboxylic acids is 1. The minimum absolute atomic E-state index is 0.120. The van der Waals surface area contributed by atoms with Crippen molar-refractivity contribution in [3.05, 3.63) is 29.8 Å². The topological polar surface area (TPSA) is 95.1 Å². The Balaban J connectivity index is 2.29. The molecule has 21 heavy (non-hydrogen) atoms. The standard InChI is InChI=1S/C12H10F3N3O3/c13-5-1-6(10-7(2-5)16-4-17-10)11(19)18-8(12(20)21)3-9(14)15/h1-2,4,8-9H,3H2,(H,16,17)(H,18,19)(H,20,21). The number of carboxylic acid groups (broad SMARTS) is 1. The van der Waals surface area contributed by atoms with Crippen LogP contribution in [0.1, 0.15) is 16.8 Å². The van der Waals surface area contributed by atoms with Gasteiger partial charge in [-0.25, -0.2) is 22.9 Å². The van der Waals surface area contributed by atoms with Crippen molar-refractivity contribution >= 4 is 22.9 Å². The van der Waals surface area contributed by atoms with Crippen molar-refractivity contribution in [2.75, 3.05) is 0 Å². The second-order valence-corrected chi connectivity index (χ2v) is 4.24. The van der Waals surface area contributed by atoms with E-state index in [0.717, 1.165) is 12.1 Å². The van der Waals surface area contributed by atoms with Crippen molar-refractivity contribution in [1.82, 2.24) is 15.3 Å². The number of halogens is 3. The molecule has 0 aliphatic carbocycles. The van der Waals surface area contributed by atoms with Gasteiger partial charge in [-0.05, 0) is 12.1 Å². The molecule has 0 aliphatic heterocycles. The molecule has 0 aliphatic rings. The SMILES string of the molecule is O=C(NC(CC(F)F)C(=O)O)c1cc(F)cc2[nH]cnc12. The average molecular weight is 301 g/mol. The molecule has 0 bridgehead atoms. The van der Waals surface area contributed by atoms with E-state index in [2.05, 4.69) is 9.97 Å². The number of H-pyrrole nitrogens is 1. The van der Waals surface area contributed by atoms with Gasteiger partial charge in [-0.3, -0.25) is 4.79 Å². The normalized spacial score (nSPS) is 12.6. The highest BCUT2D eigenvalue weighted by atomic mass is 19.3. The molecular weight excluding hydrogens is 291 g/mol. The summed E-state index contributed by atoms with van der Waals surface area (Å²) in [7, 11) is 0. The quantitative estimate of drug-likeness (QED) is 0.780. The van der Waals surface area contributed by atoms with Crippen LogP contribution in [-0.4, -0.2) is 39.4 Å². The Bertz CT molecular complexity index is 687. The molecule has 3 N–H and O–H groups in total. The van der Waals surface area contributed by atoms with Crippen molar-refractivity contribution in [3.8, 4) is 0 Å². The lowest BCUT2D eigenvalue weighted by atomic mass is 10.1. The number of amides is 1. The summed E-state index contributed by atoms with van der Waals surface area (Å²) in [5, 5.41) is 10.7. The summed E-state index contributed by atoms with van der Waals surface area (Å²) < 4.78 is 37.9. The number of fused-ring (bicyclic) bond motifs is 1. The number of carbonyl (C=O) groups is 2. The van der Waals surface area contributed by atoms with Gasteiger partial charge in [0, 0.05) is 6.42 Å². The number of nitrogens with one attached hydrogen (secondary N) is 2. The summed E-state index contributed by atoms with van der Waals surface area (Å²) in [5.41, 5.74) is 0.128. The Morgan fingerprint density at radius 2 is 2.10 bits per heavy atom. The smallest absolute Gasteiger partial charge is 0.326 e. The van der Waals surface area contributed by atoms with E-state index < -0.39 is 36.6 Å². The minimum Gasteiger partial charge on any atom is -0.480 e. The van der Waals surface area contributed by atoms with E-state index in [1.807, 2.05) is 5.32 Å². The maximum Gasteiger partial charge on any atom is 0.326 e. The lowest BCUT2D eigenvalue weighted by Crippen LogP contribution is -2.42. The van der Waals surface area contributed by atoms with Gasteiger partial charge in [0.25, 0.3) is 5.91 Å². The van der Waals surface area contributed by atoms with Crippen LogP contribution in [0.25, 0.3) is 11.0 Å². The Kier molecular flexibility index (Phi) is 4.10. The molecule has 0 saturated carbocycles. The summed E-state index contributed by atoms with van der Waals surface area (Å²) in [5.74, 6) is -3.32. The van der Waals surface area contributed by atoms with Crippen molar-refractivity contribution in [1.29, 1.82) is 0 Å². The van der Waals surface area contributed by atoms with Crippen molar-refractivity contribution in [2.45, 2.75) is 18.9 Å². The Labute approximate surface area is 116 Å². The molecule has 1 heterocycles. The molecule has 9 heteroatoms. The lowest BCUT2D eigenvalue weighted by molar-refractivity contribution is -0.140. The molecule has 2 rings (SSSR count). The van der Waals surface area contributed by atoms with Crippen LogP contribution in [0.5, 0.6) is 0 Å². The van der Waals surface area contributed by atoms with Crippen LogP contribution in [0.4, 0.5) is 13.2 Å². The highest BCUT2D eigenvalue weighted by Crippen LogP contribution is 2.17. The summed E-state index contributed by atoms with van der Waals surface area (Å²) in [6.07, 6.45) is -2.71. The number of benzene rings is 1. The second-order valence-electron chi connectivity index (χ2n) is 4.24. The van der Waals surface area contributed by atoms with Crippen LogP contribution in [0.15, 0.2) is 18.5 Å². The van der Waals surface area contributed by atoms with Gasteiger partial charge in [-0.1, -0.05) is 0 Å². The lowest BCUT2D eigenvalue weighted by Gasteiger charge is -2.14. The second kappa shape index (κ2) is 5.81. The third kappa shape index (κ3) is 3.30. The van der Waals surface area contributed by atoms with Crippen LogP contribution in [0.3, 0.4) is 0 Å². The molecule has 2 aromatic rings. The van der Waals surface area contributed by atoms with Gasteiger partial charge in [0.2, 0.25) is 6.43 Å². The molecule has 1 aromatic heterocycles. The highest BCUT2D eigenvalue weighted by Gasteiger charge is 2.25. The third-order valence-corrected chi connectivity index (χ3v) is 2.75. The van der Waals surface area contributed by atoms with Crippen LogP contribution in [0, 0.1) is 5.82 Å². The number of aromatic amines is 1. The zero-order chi connectivity index (χ0) is 15.6. The van der Waals surface area contributed by atoms with E-state index in [1.165, 1.54) is 6.33 Å². The largest absolute Gasteiger partial charge is 0.480 e. The number of imidazole rings is 1. The van der Waals surface area contributed by atoms with Gasteiger partial charge in [-0.15, -0.1) is 0 Å². The van der Waals surface area contributed by atoms with E-state index in [-0.39, 0.29) is 16.6 Å². The zero-order valence-electron chi connectivity index (χ0n) is 10.4. The maximum absolute atomic E-state index is 13.4. The van der Waals surface area contributed by atoms with Gasteiger partial charge in [0.15, 0.2) is 0 Å². The molecule has 0 saturated heterocycles. The molecule has 1 aromatic carbocycles. The molecule has 1 unspecified atom stereocenters. The first-order valence-corrected chi connectivity index (χ1v) is 5.83. The van der Waals surface area contributed by atoms with E-state index in [1.54, 1.807) is 0 Å². The summed E-state index contributed by atoms with van der Waals surface area (Å²) in [4.78, 5) is 29.2. The summed E-state index contributed by atoms with van der Waals surface area (Å²) in [6.45, 7) is 0. The molecule has 1 atom stereocenters. The molecule has 112 valence electrons. The third-order valence-electron chi connectivity index (χ3n) is 2.75. The van der Waals surface area contributed by atoms with Gasteiger partial charge in [-0.2, -0.15) is 0 Å². The number of hydrogen-bond acceptors (Lipinski definition) is 3. The fourth-order valence-electron chi connectivity index (χ4n) is 1.82. The van der Waals surface area contributed by atoms with Crippen molar-refractivity contribution in [2.24, 2.45) is 0 Å². The molecule has 0 radical (unpaired) electrons. The Morgan fingerprint density at radius 3 is 2.71 bits per heavy atom. The molecule has 1 amide bonds. The number of aliphatic carboxylic acids is 1. The first-order valence-electron chi connectivity index (χ1n) is 5.83. The van der Waals surface area contributed by atoms with Crippen LogP contribution in [-0.2, 0) is 4.79 Å². The van der Waals surface area contributed by atoms with Crippen molar-refractivity contribution < 1.29 is 27.9 Å². The fraction of sp³-hybridized carbons (Fsp3) is 0.250. The Hall–Kier alpha value is -2.58. The first kappa shape index (κ1) is 14.8. The number of nitrogens with zero attached hydrogens (tertiary/aromatic N) is 1. The maximum atomic E-state index is 13.4. The van der Waals surface area contributed by atoms with E-state index in [9.17, 15) is 22.8 Å². The van der Waals surface area contributed by atoms with Gasteiger partial charge >= 0.3 is 5.97 Å². The van der Waals surface area contributed by atoms with Crippen LogP contribution < -0.4 is 5.32 Å². The monoisotopic (exact) mass is 301 g/mol. The predicted molar refractivity (Wildman–Crippen MR) is 65.6 cm³/mol. The molecule has 0 spiro atoms. The predicted octanol–water partition coefficient (Wildman–Crippen LogP) is 1.54. The van der Waals surface area contributed by atoms with E-state index in [0.29, 0.717) is 0 Å². The minimum atomic E-state index is -2.90. The average Bonchev–Trinajstić information content (AvgIpc) is 2.83. The zero-order valence-corrected chi connectivity index (χ0v) is 10.4. The number of hydrogen-bond donors (Lipinski definition) is 3.